The van der Waals surface area contributed by atoms with E-state index in [0.29, 0.717) is 10.0 Å². The molecule has 1 aliphatic heterocycles. The molecule has 1 aromatic carbocycles. The van der Waals surface area contributed by atoms with Crippen molar-refractivity contribution in [1.29, 1.82) is 0 Å². The van der Waals surface area contributed by atoms with E-state index in [1.54, 1.807) is 31.1 Å². The summed E-state index contributed by atoms with van der Waals surface area (Å²) in [4.78, 5) is 17.2. The topological polar surface area (TPSA) is 54.6 Å². The number of aromatic nitrogens is 1. The number of aliphatic imine (C=N–C) groups is 1. The fourth-order valence-electron chi connectivity index (χ4n) is 3.27. The van der Waals surface area contributed by atoms with Crippen LogP contribution in [0.15, 0.2) is 33.0 Å². The Kier molecular flexibility index (Phi) is 5.80. The molecule has 0 spiro atoms. The summed E-state index contributed by atoms with van der Waals surface area (Å²) in [6.45, 7) is 5.02. The van der Waals surface area contributed by atoms with Gasteiger partial charge in [-0.2, -0.15) is 0 Å². The first kappa shape index (κ1) is 19.1. The lowest BCUT2D eigenvalue weighted by Gasteiger charge is -2.10. The number of hydrogen-bond donors (Lipinski definition) is 1. The van der Waals surface area contributed by atoms with Crippen molar-refractivity contribution in [2.24, 2.45) is 4.99 Å². The van der Waals surface area contributed by atoms with Crippen LogP contribution in [0.4, 0.5) is 0 Å². The zero-order valence-corrected chi connectivity index (χ0v) is 16.5. The summed E-state index contributed by atoms with van der Waals surface area (Å²) in [5.41, 5.74) is 1.03. The fraction of sp³-hybridized carbons (Fsp3) is 0.263. The van der Waals surface area contributed by atoms with E-state index < -0.39 is 5.97 Å². The molecule has 0 radical (unpaired) electrons. The van der Waals surface area contributed by atoms with E-state index >= 15 is 0 Å². The minimum atomic E-state index is -0.790. The van der Waals surface area contributed by atoms with Gasteiger partial charge in [-0.3, -0.25) is 9.79 Å². The lowest BCUT2D eigenvalue weighted by atomic mass is 10.0. The van der Waals surface area contributed by atoms with Gasteiger partial charge in [0.15, 0.2) is 0 Å². The maximum atomic E-state index is 11.3. The normalized spacial score (nSPS) is 17.2. The molecule has 0 amide bonds. The van der Waals surface area contributed by atoms with Crippen molar-refractivity contribution in [3.8, 4) is 0 Å². The average molecular weight is 409 g/mol. The maximum Gasteiger partial charge on any atom is 0.304 e. The number of aliphatic carboxylic acids is 1. The molecule has 1 atom stereocenters. The standard InChI is InChI=1S/C19H18Cl2N2O2S/c1-11-16(5-7-22-2)23-8-6-12(9-17(24)25)18(23)19(11)26-13-3-4-14(20)15(21)10-13/h3-5,7,10,12H,1,6,8-9H2,2H3,(H,24,25)/b16-5+,22-7?. The van der Waals surface area contributed by atoms with Crippen molar-refractivity contribution in [1.82, 2.24) is 4.57 Å². The van der Waals surface area contributed by atoms with Crippen LogP contribution in [-0.2, 0) is 11.3 Å². The molecular weight excluding hydrogens is 391 g/mol. The minimum Gasteiger partial charge on any atom is -0.481 e. The SMILES string of the molecule is C=c1c(Sc2ccc(Cl)c(Cl)c2)c2n(/c1=C/C=NC)CCC2CC(=O)O. The molecule has 0 saturated heterocycles. The van der Waals surface area contributed by atoms with Crippen LogP contribution in [-0.4, -0.2) is 28.9 Å². The van der Waals surface area contributed by atoms with Crippen molar-refractivity contribution in [2.45, 2.75) is 35.1 Å². The van der Waals surface area contributed by atoms with Gasteiger partial charge in [0.05, 0.1) is 21.8 Å². The first-order valence-electron chi connectivity index (χ1n) is 8.11. The highest BCUT2D eigenvalue weighted by molar-refractivity contribution is 7.99. The summed E-state index contributed by atoms with van der Waals surface area (Å²) in [5, 5.41) is 12.1. The number of carboxylic acids is 1. The zero-order valence-electron chi connectivity index (χ0n) is 14.2. The second-order valence-electron chi connectivity index (χ2n) is 6.07. The quantitative estimate of drug-likeness (QED) is 0.765. The van der Waals surface area contributed by atoms with E-state index in [-0.39, 0.29) is 12.3 Å². The third kappa shape index (κ3) is 3.70. The van der Waals surface area contributed by atoms with Gasteiger partial charge < -0.3 is 9.67 Å². The largest absolute Gasteiger partial charge is 0.481 e. The fourth-order valence-corrected chi connectivity index (χ4v) is 4.79. The van der Waals surface area contributed by atoms with Gasteiger partial charge in [-0.25, -0.2) is 0 Å². The van der Waals surface area contributed by atoms with E-state index in [2.05, 4.69) is 16.1 Å². The summed E-state index contributed by atoms with van der Waals surface area (Å²) in [7, 11) is 1.71. The molecule has 2 aromatic rings. The summed E-state index contributed by atoms with van der Waals surface area (Å²) in [5.74, 6) is -0.819. The summed E-state index contributed by atoms with van der Waals surface area (Å²) in [6.07, 6.45) is 4.57. The van der Waals surface area contributed by atoms with Gasteiger partial charge >= 0.3 is 5.97 Å². The van der Waals surface area contributed by atoms with Crippen LogP contribution in [0.25, 0.3) is 12.7 Å². The van der Waals surface area contributed by atoms with Crippen LogP contribution in [0.5, 0.6) is 0 Å². The molecule has 0 bridgehead atoms. The number of benzene rings is 1. The lowest BCUT2D eigenvalue weighted by Crippen LogP contribution is -2.28. The smallest absolute Gasteiger partial charge is 0.304 e. The molecule has 1 aliphatic rings. The predicted octanol–water partition coefficient (Wildman–Crippen LogP) is 3.80. The van der Waals surface area contributed by atoms with Gasteiger partial charge in [0.25, 0.3) is 0 Å². The minimum absolute atomic E-state index is 0.0287. The molecule has 2 heterocycles. The number of hydrogen-bond acceptors (Lipinski definition) is 3. The molecule has 26 heavy (non-hydrogen) atoms. The summed E-state index contributed by atoms with van der Waals surface area (Å²) >= 11 is 13.7. The Hall–Kier alpha value is -1.69. The van der Waals surface area contributed by atoms with E-state index in [9.17, 15) is 9.90 Å². The molecule has 0 saturated carbocycles. The maximum absolute atomic E-state index is 11.3. The van der Waals surface area contributed by atoms with Crippen molar-refractivity contribution < 1.29 is 9.90 Å². The Morgan fingerprint density at radius 3 is 2.88 bits per heavy atom. The number of nitrogens with zero attached hydrogens (tertiary/aromatic N) is 2. The van der Waals surface area contributed by atoms with Crippen LogP contribution in [0.2, 0.25) is 10.0 Å². The van der Waals surface area contributed by atoms with Gasteiger partial charge in [0, 0.05) is 46.4 Å². The van der Waals surface area contributed by atoms with Gasteiger partial charge in [-0.1, -0.05) is 41.5 Å². The predicted molar refractivity (Wildman–Crippen MR) is 108 cm³/mol. The number of rotatable bonds is 5. The third-order valence-electron chi connectivity index (χ3n) is 4.40. The van der Waals surface area contributed by atoms with Gasteiger partial charge in [-0.05, 0) is 30.7 Å². The van der Waals surface area contributed by atoms with E-state index in [4.69, 9.17) is 23.2 Å². The van der Waals surface area contributed by atoms with Gasteiger partial charge in [0.2, 0.25) is 0 Å². The number of halogens is 2. The highest BCUT2D eigenvalue weighted by Crippen LogP contribution is 2.39. The second-order valence-corrected chi connectivity index (χ2v) is 7.96. The Labute approximate surface area is 165 Å². The Morgan fingerprint density at radius 2 is 2.23 bits per heavy atom. The third-order valence-corrected chi connectivity index (χ3v) is 6.29. The summed E-state index contributed by atoms with van der Waals surface area (Å²) in [6, 6.07) is 5.48. The zero-order chi connectivity index (χ0) is 18.8. The van der Waals surface area contributed by atoms with Crippen molar-refractivity contribution in [2.75, 3.05) is 7.05 Å². The van der Waals surface area contributed by atoms with Crippen LogP contribution >= 0.6 is 35.0 Å². The van der Waals surface area contributed by atoms with Crippen LogP contribution in [0.3, 0.4) is 0 Å². The monoisotopic (exact) mass is 408 g/mol. The first-order valence-corrected chi connectivity index (χ1v) is 9.68. The van der Waals surface area contributed by atoms with E-state index in [0.717, 1.165) is 39.0 Å². The Bertz CT molecular complexity index is 998. The van der Waals surface area contributed by atoms with Gasteiger partial charge in [-0.15, -0.1) is 0 Å². The molecule has 0 aliphatic carbocycles. The molecule has 1 aromatic heterocycles. The Morgan fingerprint density at radius 1 is 1.46 bits per heavy atom. The number of fused-ring (bicyclic) bond motifs is 1. The highest BCUT2D eigenvalue weighted by atomic mass is 35.5. The molecule has 0 fully saturated rings. The van der Waals surface area contributed by atoms with Crippen molar-refractivity contribution in [3.05, 3.63) is 44.5 Å². The lowest BCUT2D eigenvalue weighted by molar-refractivity contribution is -0.137. The van der Waals surface area contributed by atoms with Crippen molar-refractivity contribution >= 4 is 59.8 Å². The van der Waals surface area contributed by atoms with Gasteiger partial charge in [0.1, 0.15) is 0 Å². The molecule has 136 valence electrons. The summed E-state index contributed by atoms with van der Waals surface area (Å²) < 4.78 is 2.16. The highest BCUT2D eigenvalue weighted by Gasteiger charge is 2.30. The Balaban J connectivity index is 2.13. The molecule has 3 rings (SSSR count). The second kappa shape index (κ2) is 7.91. The average Bonchev–Trinajstić information content (AvgIpc) is 3.09. The number of carbonyl (C=O) groups is 1. The van der Waals surface area contributed by atoms with Crippen LogP contribution < -0.4 is 10.6 Å². The molecule has 1 N–H and O–H groups in total. The van der Waals surface area contributed by atoms with Crippen LogP contribution in [0.1, 0.15) is 24.5 Å². The number of carboxylic acid groups (broad SMARTS) is 1. The molecule has 1 unspecified atom stereocenters. The van der Waals surface area contributed by atoms with Crippen LogP contribution in [0, 0.1) is 0 Å². The first-order chi connectivity index (χ1) is 12.4. The van der Waals surface area contributed by atoms with Crippen molar-refractivity contribution in [3.63, 3.8) is 0 Å². The molecule has 4 nitrogen and oxygen atoms in total. The van der Waals surface area contributed by atoms with E-state index in [1.165, 1.54) is 0 Å². The molecular formula is C19H18Cl2N2O2S. The molecule has 7 heteroatoms. The van der Waals surface area contributed by atoms with E-state index in [1.807, 2.05) is 18.2 Å².